The van der Waals surface area contributed by atoms with Crippen LogP contribution in [-0.4, -0.2) is 24.0 Å². The van der Waals surface area contributed by atoms with Crippen molar-refractivity contribution in [3.8, 4) is 0 Å². The van der Waals surface area contributed by atoms with Gasteiger partial charge in [0.05, 0.1) is 6.04 Å². The quantitative estimate of drug-likeness (QED) is 0.765. The molecule has 0 aliphatic heterocycles. The highest BCUT2D eigenvalue weighted by Gasteiger charge is 2.18. The van der Waals surface area contributed by atoms with Crippen LogP contribution in [0.2, 0.25) is 1.41 Å². The SMILES string of the molecule is Cl.[2H]N[C@@H](C)C(=O)N[C@@H](C)C(=O)OCc1ccccc1. The molecule has 0 saturated carbocycles. The molecule has 2 atom stereocenters. The first kappa shape index (κ1) is 15.5. The molecule has 1 rings (SSSR count). The molecular weight excluding hydrogens is 268 g/mol. The first-order valence-electron chi connectivity index (χ1n) is 6.22. The van der Waals surface area contributed by atoms with Crippen molar-refractivity contribution >= 4 is 24.3 Å². The van der Waals surface area contributed by atoms with E-state index in [0.717, 1.165) is 5.56 Å². The summed E-state index contributed by atoms with van der Waals surface area (Å²) in [6, 6.07) is 7.87. The largest absolute Gasteiger partial charge is 0.459 e. The molecule has 0 saturated heterocycles. The second kappa shape index (κ2) is 8.50. The van der Waals surface area contributed by atoms with E-state index in [2.05, 4.69) is 11.0 Å². The second-order valence-corrected chi connectivity index (χ2v) is 4.05. The van der Waals surface area contributed by atoms with E-state index in [-0.39, 0.29) is 19.0 Å². The molecule has 1 aromatic rings. The van der Waals surface area contributed by atoms with Crippen LogP contribution in [0.3, 0.4) is 0 Å². The minimum atomic E-state index is -0.744. The Morgan fingerprint density at radius 3 is 2.58 bits per heavy atom. The van der Waals surface area contributed by atoms with Crippen LogP contribution in [0.5, 0.6) is 0 Å². The number of nitrogens with one attached hydrogen (secondary N) is 1. The van der Waals surface area contributed by atoms with Crippen LogP contribution in [-0.2, 0) is 20.9 Å². The molecule has 3 N–H and O–H groups in total. The maximum atomic E-state index is 11.7. The lowest BCUT2D eigenvalue weighted by Crippen LogP contribution is -2.46. The van der Waals surface area contributed by atoms with Gasteiger partial charge in [-0.3, -0.25) is 4.79 Å². The Morgan fingerprint density at radius 1 is 1.37 bits per heavy atom. The topological polar surface area (TPSA) is 81.4 Å². The molecule has 6 heteroatoms. The van der Waals surface area contributed by atoms with Gasteiger partial charge in [-0.25, -0.2) is 4.79 Å². The van der Waals surface area contributed by atoms with Gasteiger partial charge in [0.15, 0.2) is 0 Å². The Hall–Kier alpha value is -1.59. The fourth-order valence-electron chi connectivity index (χ4n) is 1.25. The fraction of sp³-hybridized carbons (Fsp3) is 0.385. The molecule has 0 spiro atoms. The summed E-state index contributed by atoms with van der Waals surface area (Å²) >= 11 is 0. The highest BCUT2D eigenvalue weighted by Crippen LogP contribution is 2.01. The minimum absolute atomic E-state index is 0. The maximum absolute atomic E-state index is 11.7. The van der Waals surface area contributed by atoms with Crippen molar-refractivity contribution in [1.82, 2.24) is 5.32 Å². The highest BCUT2D eigenvalue weighted by molar-refractivity contribution is 5.86. The summed E-state index contributed by atoms with van der Waals surface area (Å²) < 4.78 is 11.9. The van der Waals surface area contributed by atoms with Crippen LogP contribution in [0.4, 0.5) is 0 Å². The number of ether oxygens (including phenoxy) is 1. The molecule has 0 fully saturated rings. The molecule has 0 radical (unpaired) electrons. The third-order valence-electron chi connectivity index (χ3n) is 2.33. The molecule has 0 bridgehead atoms. The summed E-state index contributed by atoms with van der Waals surface area (Å²) in [5, 5.41) is 2.47. The Balaban J connectivity index is 0.00000361. The van der Waals surface area contributed by atoms with Gasteiger partial charge in [0.1, 0.15) is 14.1 Å². The summed E-state index contributed by atoms with van der Waals surface area (Å²) in [6.45, 7) is 3.25. The summed E-state index contributed by atoms with van der Waals surface area (Å²) in [4.78, 5) is 23.1. The second-order valence-electron chi connectivity index (χ2n) is 4.05. The molecular formula is C13H19ClN2O3. The maximum Gasteiger partial charge on any atom is 0.328 e. The molecule has 1 amide bonds. The van der Waals surface area contributed by atoms with E-state index in [1.807, 2.05) is 30.3 Å². The van der Waals surface area contributed by atoms with Crippen LogP contribution in [0.1, 0.15) is 19.4 Å². The summed E-state index contributed by atoms with van der Waals surface area (Å²) in [6.07, 6.45) is 0. The zero-order valence-electron chi connectivity index (χ0n) is 11.9. The van der Waals surface area contributed by atoms with Crippen molar-refractivity contribution < 1.29 is 15.7 Å². The average molecular weight is 288 g/mol. The van der Waals surface area contributed by atoms with E-state index in [4.69, 9.17) is 6.15 Å². The zero-order valence-corrected chi connectivity index (χ0v) is 11.7. The first-order valence-corrected chi connectivity index (χ1v) is 5.72. The summed E-state index contributed by atoms with van der Waals surface area (Å²) in [7, 11) is 0. The highest BCUT2D eigenvalue weighted by atomic mass is 35.5. The molecule has 1 aromatic carbocycles. The third-order valence-corrected chi connectivity index (χ3v) is 2.33. The van der Waals surface area contributed by atoms with Crippen molar-refractivity contribution in [3.63, 3.8) is 0 Å². The fourth-order valence-corrected chi connectivity index (χ4v) is 1.25. The smallest absolute Gasteiger partial charge is 0.328 e. The van der Waals surface area contributed by atoms with Crippen LogP contribution in [0.15, 0.2) is 30.3 Å². The van der Waals surface area contributed by atoms with E-state index in [1.54, 1.807) is 6.92 Å². The summed E-state index contributed by atoms with van der Waals surface area (Å²) in [5.41, 5.74) is 2.94. The molecule has 5 nitrogen and oxygen atoms in total. The van der Waals surface area contributed by atoms with Crippen molar-refractivity contribution in [2.75, 3.05) is 0 Å². The van der Waals surface area contributed by atoms with Gasteiger partial charge in [0.25, 0.3) is 0 Å². The predicted octanol–water partition coefficient (Wildman–Crippen LogP) is 1.00. The Labute approximate surface area is 120 Å². The molecule has 0 aliphatic rings. The molecule has 0 unspecified atom stereocenters. The van der Waals surface area contributed by atoms with E-state index < -0.39 is 24.0 Å². The number of rotatable bonds is 6. The average Bonchev–Trinajstić information content (AvgIpc) is 2.44. The van der Waals surface area contributed by atoms with Crippen molar-refractivity contribution in [3.05, 3.63) is 35.9 Å². The lowest BCUT2D eigenvalue weighted by Gasteiger charge is -2.14. The van der Waals surface area contributed by atoms with E-state index in [9.17, 15) is 9.59 Å². The Kier molecular flexibility index (Phi) is 6.92. The van der Waals surface area contributed by atoms with Gasteiger partial charge in [-0.1, -0.05) is 30.3 Å². The lowest BCUT2D eigenvalue weighted by atomic mass is 10.2. The number of esters is 1. The lowest BCUT2D eigenvalue weighted by molar-refractivity contribution is -0.148. The van der Waals surface area contributed by atoms with Gasteiger partial charge in [-0.15, -0.1) is 12.4 Å². The Bertz CT molecular complexity index is 431. The van der Waals surface area contributed by atoms with Crippen LogP contribution >= 0.6 is 12.4 Å². The van der Waals surface area contributed by atoms with E-state index in [0.29, 0.717) is 0 Å². The molecule has 19 heavy (non-hydrogen) atoms. The molecule has 106 valence electrons. The number of amides is 1. The first-order chi connectivity index (χ1) is 9.04. The van der Waals surface area contributed by atoms with Crippen LogP contribution in [0.25, 0.3) is 0 Å². The minimum Gasteiger partial charge on any atom is -0.459 e. The third kappa shape index (κ3) is 6.22. The number of hydrogen-bond donors (Lipinski definition) is 2. The van der Waals surface area contributed by atoms with Crippen LogP contribution in [0, 0.1) is 0 Å². The van der Waals surface area contributed by atoms with Gasteiger partial charge >= 0.3 is 5.97 Å². The number of hydrogen-bond acceptors (Lipinski definition) is 4. The van der Waals surface area contributed by atoms with Gasteiger partial charge in [0, 0.05) is 0 Å². The van der Waals surface area contributed by atoms with Crippen molar-refractivity contribution in [2.24, 2.45) is 5.73 Å². The molecule has 0 heterocycles. The van der Waals surface area contributed by atoms with Crippen LogP contribution < -0.4 is 11.0 Å². The van der Waals surface area contributed by atoms with Crippen molar-refractivity contribution in [1.29, 1.82) is 0 Å². The van der Waals surface area contributed by atoms with E-state index in [1.165, 1.54) is 6.92 Å². The normalized spacial score (nSPS) is 13.5. The number of carbonyl (C=O) groups is 2. The Morgan fingerprint density at radius 2 is 2.00 bits per heavy atom. The van der Waals surface area contributed by atoms with Crippen molar-refractivity contribution in [2.45, 2.75) is 32.5 Å². The predicted molar refractivity (Wildman–Crippen MR) is 74.7 cm³/mol. The molecule has 0 aliphatic carbocycles. The van der Waals surface area contributed by atoms with Gasteiger partial charge in [-0.05, 0) is 19.4 Å². The number of nitrogens with two attached hydrogens (primary N) is 1. The number of carbonyl (C=O) groups excluding carboxylic acids is 2. The monoisotopic (exact) mass is 287 g/mol. The summed E-state index contributed by atoms with van der Waals surface area (Å²) in [5.74, 6) is -0.923. The number of halogens is 1. The van der Waals surface area contributed by atoms with Gasteiger partial charge in [-0.2, -0.15) is 0 Å². The molecule has 0 aromatic heterocycles. The zero-order chi connectivity index (χ0) is 14.3. The standard InChI is InChI=1S/C13H18N2O3.ClH/c1-9(14)12(16)15-10(2)13(17)18-8-11-6-4-3-5-7-11;/h3-7,9-10H,8,14H2,1-2H3,(H,15,16);1H/t9-,10-;/m0./s1/i/hD. The van der Waals surface area contributed by atoms with Gasteiger partial charge < -0.3 is 15.8 Å². The van der Waals surface area contributed by atoms with E-state index >= 15 is 0 Å². The van der Waals surface area contributed by atoms with Gasteiger partial charge in [0.2, 0.25) is 5.91 Å². The number of benzene rings is 1.